The summed E-state index contributed by atoms with van der Waals surface area (Å²) in [7, 11) is 0. The van der Waals surface area contributed by atoms with E-state index in [1.807, 2.05) is 41.4 Å². The first-order chi connectivity index (χ1) is 12.1. The predicted molar refractivity (Wildman–Crippen MR) is 94.3 cm³/mol. The van der Waals surface area contributed by atoms with Crippen LogP contribution in [0.1, 0.15) is 36.0 Å². The lowest BCUT2D eigenvalue weighted by atomic mass is 9.92. The second-order valence-electron chi connectivity index (χ2n) is 7.38. The molecular formula is C20H19ClN2O2. The fourth-order valence-corrected chi connectivity index (χ4v) is 4.49. The summed E-state index contributed by atoms with van der Waals surface area (Å²) in [6.07, 6.45) is 6.38. The van der Waals surface area contributed by atoms with Crippen molar-refractivity contribution in [2.75, 3.05) is 13.1 Å². The Balaban J connectivity index is 1.41. The number of likely N-dealkylation sites (tertiary alicyclic amines) is 1. The van der Waals surface area contributed by atoms with Gasteiger partial charge < -0.3 is 9.64 Å². The number of fused-ring (bicyclic) bond motifs is 2. The van der Waals surface area contributed by atoms with Gasteiger partial charge in [0.25, 0.3) is 0 Å². The number of carbonyl (C=O) groups excluding carboxylic acids is 1. The first kappa shape index (κ1) is 15.4. The zero-order valence-corrected chi connectivity index (χ0v) is 14.6. The van der Waals surface area contributed by atoms with Crippen LogP contribution in [0.5, 0.6) is 0 Å². The first-order valence-corrected chi connectivity index (χ1v) is 9.14. The van der Waals surface area contributed by atoms with Crippen LogP contribution in [0, 0.1) is 0 Å². The molecule has 0 N–H and O–H groups in total. The highest BCUT2D eigenvalue weighted by Crippen LogP contribution is 2.52. The number of carbonyl (C=O) groups is 1. The Labute approximate surface area is 151 Å². The molecule has 1 atom stereocenters. The van der Waals surface area contributed by atoms with Crippen molar-refractivity contribution in [3.05, 3.63) is 64.4 Å². The van der Waals surface area contributed by atoms with Crippen molar-refractivity contribution < 1.29 is 9.53 Å². The molecule has 3 aliphatic rings. The Morgan fingerprint density at radius 2 is 1.96 bits per heavy atom. The van der Waals surface area contributed by atoms with E-state index in [2.05, 4.69) is 4.98 Å². The zero-order valence-electron chi connectivity index (χ0n) is 13.9. The largest absolute Gasteiger partial charge is 0.364 e. The lowest BCUT2D eigenvalue weighted by Crippen LogP contribution is -2.40. The molecule has 1 saturated carbocycles. The van der Waals surface area contributed by atoms with Gasteiger partial charge in [-0.1, -0.05) is 23.7 Å². The molecule has 2 fully saturated rings. The van der Waals surface area contributed by atoms with Crippen LogP contribution in [0.4, 0.5) is 0 Å². The highest BCUT2D eigenvalue weighted by molar-refractivity contribution is 6.30. The molecular weight excluding hydrogens is 336 g/mol. The smallest absolute Gasteiger partial charge is 0.233 e. The minimum atomic E-state index is -0.366. The highest BCUT2D eigenvalue weighted by atomic mass is 35.5. The van der Waals surface area contributed by atoms with Gasteiger partial charge in [-0.05, 0) is 42.2 Å². The number of rotatable bonds is 2. The third-order valence-corrected chi connectivity index (χ3v) is 6.23. The molecule has 2 aliphatic heterocycles. The van der Waals surface area contributed by atoms with Gasteiger partial charge in [0.05, 0.1) is 18.6 Å². The van der Waals surface area contributed by atoms with E-state index in [1.165, 1.54) is 5.56 Å². The molecule has 1 unspecified atom stereocenters. The summed E-state index contributed by atoms with van der Waals surface area (Å²) in [6.45, 7) is 1.98. The quantitative estimate of drug-likeness (QED) is 0.829. The molecule has 25 heavy (non-hydrogen) atoms. The Hall–Kier alpha value is -1.91. The molecule has 1 aliphatic carbocycles. The molecule has 1 spiro atoms. The van der Waals surface area contributed by atoms with Gasteiger partial charge >= 0.3 is 0 Å². The monoisotopic (exact) mass is 354 g/mol. The molecule has 1 aromatic carbocycles. The van der Waals surface area contributed by atoms with Crippen molar-refractivity contribution in [1.82, 2.24) is 9.88 Å². The summed E-state index contributed by atoms with van der Waals surface area (Å²) in [5.41, 5.74) is 2.71. The molecule has 4 nitrogen and oxygen atoms in total. The van der Waals surface area contributed by atoms with E-state index >= 15 is 0 Å². The van der Waals surface area contributed by atoms with Gasteiger partial charge in [-0.3, -0.25) is 9.78 Å². The third kappa shape index (κ3) is 2.24. The molecule has 1 aromatic heterocycles. The molecule has 128 valence electrons. The standard InChI is InChI=1S/C20H19ClN2O2/c21-16-3-1-15(2-4-16)19(6-7-19)18(24)23-10-8-20(13-23)17-11-22-9-5-14(17)12-25-20/h1-5,9,11H,6-8,10,12-13H2. The average Bonchev–Trinajstić information content (AvgIpc) is 3.22. The van der Waals surface area contributed by atoms with Gasteiger partial charge in [0.2, 0.25) is 5.91 Å². The number of nitrogens with zero attached hydrogens (tertiary/aromatic N) is 2. The molecule has 0 radical (unpaired) electrons. The summed E-state index contributed by atoms with van der Waals surface area (Å²) >= 11 is 6.00. The van der Waals surface area contributed by atoms with Crippen LogP contribution in [0.15, 0.2) is 42.7 Å². The summed E-state index contributed by atoms with van der Waals surface area (Å²) in [5.74, 6) is 0.229. The number of aromatic nitrogens is 1. The van der Waals surface area contributed by atoms with Crippen molar-refractivity contribution in [2.45, 2.75) is 36.9 Å². The Kier molecular flexibility index (Phi) is 3.25. The number of halogens is 1. The summed E-state index contributed by atoms with van der Waals surface area (Å²) in [6, 6.07) is 9.74. The van der Waals surface area contributed by atoms with Crippen LogP contribution < -0.4 is 0 Å². The molecule has 1 amide bonds. The van der Waals surface area contributed by atoms with Crippen molar-refractivity contribution >= 4 is 17.5 Å². The Morgan fingerprint density at radius 1 is 1.16 bits per heavy atom. The van der Waals surface area contributed by atoms with Crippen molar-refractivity contribution in [3.8, 4) is 0 Å². The van der Waals surface area contributed by atoms with Gasteiger partial charge in [-0.15, -0.1) is 0 Å². The second kappa shape index (κ2) is 5.29. The molecule has 0 bridgehead atoms. The van der Waals surface area contributed by atoms with E-state index in [4.69, 9.17) is 16.3 Å². The summed E-state index contributed by atoms with van der Waals surface area (Å²) in [4.78, 5) is 19.5. The fourth-order valence-electron chi connectivity index (χ4n) is 4.37. The number of pyridine rings is 1. The van der Waals surface area contributed by atoms with Crippen LogP contribution in [0.2, 0.25) is 5.02 Å². The average molecular weight is 355 g/mol. The van der Waals surface area contributed by atoms with Gasteiger partial charge in [0.1, 0.15) is 5.60 Å². The SMILES string of the molecule is O=C(N1CCC2(C1)OCc1ccncc12)C1(c2ccc(Cl)cc2)CC1. The van der Waals surface area contributed by atoms with E-state index in [0.29, 0.717) is 18.2 Å². The number of hydrogen-bond donors (Lipinski definition) is 0. The van der Waals surface area contributed by atoms with Crippen molar-refractivity contribution in [3.63, 3.8) is 0 Å². The maximum Gasteiger partial charge on any atom is 0.233 e. The lowest BCUT2D eigenvalue weighted by Gasteiger charge is -2.27. The Morgan fingerprint density at radius 3 is 2.72 bits per heavy atom. The molecule has 5 heteroatoms. The van der Waals surface area contributed by atoms with Crippen LogP contribution >= 0.6 is 11.6 Å². The van der Waals surface area contributed by atoms with Gasteiger partial charge in [0, 0.05) is 35.9 Å². The number of ether oxygens (including phenoxy) is 1. The van der Waals surface area contributed by atoms with Crippen LogP contribution in [-0.4, -0.2) is 28.9 Å². The van der Waals surface area contributed by atoms with E-state index in [-0.39, 0.29) is 16.9 Å². The lowest BCUT2D eigenvalue weighted by molar-refractivity contribution is -0.134. The normalized spacial score (nSPS) is 26.0. The predicted octanol–water partition coefficient (Wildman–Crippen LogP) is 3.42. The molecule has 3 heterocycles. The van der Waals surface area contributed by atoms with Crippen LogP contribution in [0.3, 0.4) is 0 Å². The number of hydrogen-bond acceptors (Lipinski definition) is 3. The molecule has 1 saturated heterocycles. The van der Waals surface area contributed by atoms with Gasteiger partial charge in [0.15, 0.2) is 0 Å². The number of benzene rings is 1. The topological polar surface area (TPSA) is 42.4 Å². The van der Waals surface area contributed by atoms with Gasteiger partial charge in [-0.2, -0.15) is 0 Å². The second-order valence-corrected chi connectivity index (χ2v) is 7.82. The van der Waals surface area contributed by atoms with E-state index in [0.717, 1.165) is 36.9 Å². The number of amides is 1. The maximum atomic E-state index is 13.3. The maximum absolute atomic E-state index is 13.3. The minimum Gasteiger partial charge on any atom is -0.364 e. The van der Waals surface area contributed by atoms with E-state index in [9.17, 15) is 4.79 Å². The third-order valence-electron chi connectivity index (χ3n) is 5.98. The zero-order chi connectivity index (χ0) is 17.1. The highest BCUT2D eigenvalue weighted by Gasteiger charge is 2.56. The molecule has 2 aromatic rings. The van der Waals surface area contributed by atoms with Crippen molar-refractivity contribution in [2.24, 2.45) is 0 Å². The van der Waals surface area contributed by atoms with Gasteiger partial charge in [-0.25, -0.2) is 0 Å². The first-order valence-electron chi connectivity index (χ1n) is 8.76. The van der Waals surface area contributed by atoms with E-state index < -0.39 is 0 Å². The summed E-state index contributed by atoms with van der Waals surface area (Å²) < 4.78 is 6.16. The summed E-state index contributed by atoms with van der Waals surface area (Å²) in [5, 5.41) is 0.704. The minimum absolute atomic E-state index is 0.229. The van der Waals surface area contributed by atoms with Crippen LogP contribution in [0.25, 0.3) is 0 Å². The molecule has 5 rings (SSSR count). The van der Waals surface area contributed by atoms with E-state index in [1.54, 1.807) is 6.20 Å². The Bertz CT molecular complexity index is 847. The fraction of sp³-hybridized carbons (Fsp3) is 0.400. The van der Waals surface area contributed by atoms with Crippen molar-refractivity contribution in [1.29, 1.82) is 0 Å². The van der Waals surface area contributed by atoms with Crippen LogP contribution in [-0.2, 0) is 27.2 Å².